The number of aliphatic hydroxyl groups is 13. The van der Waals surface area contributed by atoms with E-state index in [9.17, 15) is 79.4 Å². The molecule has 0 amide bonds. The van der Waals surface area contributed by atoms with Gasteiger partial charge in [0, 0.05) is 0 Å². The standard InChI is InChI=1S/C57H94O28S/c1-20(2)21(3)45-49(81-45)57(9,70)33-11-10-27-26-17-30(29-16-25(85-86(71,72)73)12-14-55(29,7)28(26)13-15-56(27,33)8)78-52-44(69)46(36(61)24(6)77-52)82-53-47(83-50-42(67)39(64)34(59)22(4)75-50)38(63)32(19-74-53)80-54-48(41(66)37(62)31(18-58)79-54)84-51-43(68)40(65)35(60)23(5)76-51/h13,20-27,29-54,58-70H,10-12,14-19H2,1-9H3,(H,71,72,73)/t21?,22-,23-,24-,25+,26+,27+,29-,30+,31-,32-,33+,34-,35-,36-,37+,38+,39+,40+,41+,42-,43-,44-,45?,46+,47-,48-,49?,50+,51+,52+,53+,54+,55-,56+,57-/m1/s1. The van der Waals surface area contributed by atoms with Crippen LogP contribution in [0.25, 0.3) is 0 Å². The highest BCUT2D eigenvalue weighted by Crippen LogP contribution is 2.68. The number of hydrogen-bond acceptors (Lipinski definition) is 27. The van der Waals surface area contributed by atoms with Crippen LogP contribution in [0.3, 0.4) is 0 Å². The minimum Gasteiger partial charge on any atom is -0.394 e. The van der Waals surface area contributed by atoms with Crippen LogP contribution >= 0.6 is 0 Å². The van der Waals surface area contributed by atoms with Gasteiger partial charge in [0.25, 0.3) is 0 Å². The zero-order chi connectivity index (χ0) is 62.8. The van der Waals surface area contributed by atoms with Crippen molar-refractivity contribution in [1.29, 1.82) is 0 Å². The van der Waals surface area contributed by atoms with Gasteiger partial charge in [-0.1, -0.05) is 46.3 Å². The van der Waals surface area contributed by atoms with Gasteiger partial charge in [0.2, 0.25) is 0 Å². The third-order valence-corrected chi connectivity index (χ3v) is 22.2. The minimum absolute atomic E-state index is 0.0597. The highest BCUT2D eigenvalue weighted by molar-refractivity contribution is 7.80. The molecule has 10 rings (SSSR count). The summed E-state index contributed by atoms with van der Waals surface area (Å²) in [7, 11) is -4.87. The molecular formula is C57H94O28S. The van der Waals surface area contributed by atoms with Crippen molar-refractivity contribution in [2.24, 2.45) is 46.3 Å². The predicted molar refractivity (Wildman–Crippen MR) is 289 cm³/mol. The Morgan fingerprint density at radius 1 is 0.616 bits per heavy atom. The lowest BCUT2D eigenvalue weighted by molar-refractivity contribution is -0.398. The maximum Gasteiger partial charge on any atom is 0.397 e. The first kappa shape index (κ1) is 67.5. The first-order chi connectivity index (χ1) is 40.2. The first-order valence-electron chi connectivity index (χ1n) is 30.6. The van der Waals surface area contributed by atoms with Gasteiger partial charge in [0.1, 0.15) is 104 Å². The minimum atomic E-state index is -4.87. The van der Waals surface area contributed by atoms with Crippen molar-refractivity contribution in [3.05, 3.63) is 11.6 Å². The Bertz CT molecular complexity index is 2460. The van der Waals surface area contributed by atoms with Crippen molar-refractivity contribution in [1.82, 2.24) is 0 Å². The number of hydrogen-bond donors (Lipinski definition) is 14. The summed E-state index contributed by atoms with van der Waals surface area (Å²) in [4.78, 5) is 0. The zero-order valence-electron chi connectivity index (χ0n) is 50.0. The number of allylic oxidation sites excluding steroid dienone is 2. The fraction of sp³-hybridized carbons (Fsp3) is 0.965. The Morgan fingerprint density at radius 3 is 1.76 bits per heavy atom. The van der Waals surface area contributed by atoms with E-state index in [0.29, 0.717) is 25.2 Å². The molecule has 9 fully saturated rings. The Hall–Kier alpha value is -1.35. The van der Waals surface area contributed by atoms with Crippen LogP contribution in [-0.4, -0.2) is 270 Å². The molecule has 3 unspecified atom stereocenters. The van der Waals surface area contributed by atoms with E-state index < -0.39 is 200 Å². The molecule has 3 saturated carbocycles. The molecule has 0 aromatic carbocycles. The van der Waals surface area contributed by atoms with Crippen molar-refractivity contribution < 1.29 is 136 Å². The molecule has 29 heteroatoms. The molecule has 0 radical (unpaired) electrons. The van der Waals surface area contributed by atoms with Crippen LogP contribution in [-0.2, 0) is 66.7 Å². The smallest absolute Gasteiger partial charge is 0.394 e. The van der Waals surface area contributed by atoms with Crippen LogP contribution in [0.1, 0.15) is 107 Å². The Balaban J connectivity index is 0.912. The molecule has 6 aliphatic heterocycles. The van der Waals surface area contributed by atoms with Gasteiger partial charge in [-0.25, -0.2) is 4.18 Å². The highest BCUT2D eigenvalue weighted by Gasteiger charge is 2.67. The molecule has 0 bridgehead atoms. The first-order valence-corrected chi connectivity index (χ1v) is 31.9. The second-order valence-electron chi connectivity index (χ2n) is 27.3. The van der Waals surface area contributed by atoms with Crippen molar-refractivity contribution in [3.8, 4) is 0 Å². The molecule has 496 valence electrons. The molecule has 6 heterocycles. The summed E-state index contributed by atoms with van der Waals surface area (Å²) in [6, 6.07) is 0. The lowest BCUT2D eigenvalue weighted by atomic mass is 9.47. The molecule has 4 aliphatic carbocycles. The van der Waals surface area contributed by atoms with Crippen LogP contribution in [0.5, 0.6) is 0 Å². The van der Waals surface area contributed by atoms with E-state index in [2.05, 4.69) is 40.7 Å². The number of aliphatic hydroxyl groups excluding tert-OH is 12. The van der Waals surface area contributed by atoms with Crippen LogP contribution in [0.2, 0.25) is 0 Å². The second-order valence-corrected chi connectivity index (χ2v) is 28.4. The van der Waals surface area contributed by atoms with Gasteiger partial charge in [-0.3, -0.25) is 4.55 Å². The van der Waals surface area contributed by atoms with Gasteiger partial charge < -0.3 is 118 Å². The molecule has 0 aromatic heterocycles. The number of fused-ring (bicyclic) bond motifs is 5. The molecule has 6 saturated heterocycles. The molecular weight excluding hydrogens is 1160 g/mol. The molecule has 0 spiro atoms. The molecule has 28 nitrogen and oxygen atoms in total. The summed E-state index contributed by atoms with van der Waals surface area (Å²) in [6.45, 7) is 15.4. The average Bonchev–Trinajstić information content (AvgIpc) is 1.38. The van der Waals surface area contributed by atoms with Crippen LogP contribution in [0.15, 0.2) is 11.6 Å². The number of rotatable bonds is 17. The summed E-state index contributed by atoms with van der Waals surface area (Å²) in [6.07, 6.45) is -37.2. The lowest BCUT2D eigenvalue weighted by Gasteiger charge is -2.60. The van der Waals surface area contributed by atoms with Gasteiger partial charge in [-0.05, 0) is 119 Å². The number of ether oxygens (including phenoxy) is 11. The van der Waals surface area contributed by atoms with Gasteiger partial charge in [-0.15, -0.1) is 0 Å². The number of epoxide rings is 1. The second kappa shape index (κ2) is 25.5. The molecule has 86 heavy (non-hydrogen) atoms. The summed E-state index contributed by atoms with van der Waals surface area (Å²) in [5.41, 5.74) is -0.931. The lowest BCUT2D eigenvalue weighted by Crippen LogP contribution is -2.67. The zero-order valence-corrected chi connectivity index (χ0v) is 50.8. The van der Waals surface area contributed by atoms with Crippen molar-refractivity contribution in [2.45, 2.75) is 285 Å². The van der Waals surface area contributed by atoms with E-state index in [0.717, 1.165) is 12.8 Å². The molecule has 36 atom stereocenters. The van der Waals surface area contributed by atoms with Gasteiger partial charge in [0.05, 0.1) is 55.4 Å². The Morgan fingerprint density at radius 2 is 1.17 bits per heavy atom. The predicted octanol–water partition coefficient (Wildman–Crippen LogP) is -2.62. The van der Waals surface area contributed by atoms with Crippen LogP contribution in [0.4, 0.5) is 0 Å². The van der Waals surface area contributed by atoms with E-state index in [1.54, 1.807) is 0 Å². The molecule has 10 aliphatic rings. The fourth-order valence-electron chi connectivity index (χ4n) is 16.2. The van der Waals surface area contributed by atoms with E-state index in [1.165, 1.54) is 26.3 Å². The third kappa shape index (κ3) is 12.5. The summed E-state index contributed by atoms with van der Waals surface area (Å²) in [5, 5.41) is 146. The van der Waals surface area contributed by atoms with Crippen molar-refractivity contribution in [3.63, 3.8) is 0 Å². The van der Waals surface area contributed by atoms with E-state index in [-0.39, 0.29) is 54.1 Å². The average molecular weight is 1260 g/mol. The van der Waals surface area contributed by atoms with Gasteiger partial charge in [-0.2, -0.15) is 8.42 Å². The molecule has 0 aromatic rings. The van der Waals surface area contributed by atoms with E-state index in [4.69, 9.17) is 56.3 Å². The summed E-state index contributed by atoms with van der Waals surface area (Å²) < 4.78 is 107. The Kier molecular flexibility index (Phi) is 20.0. The van der Waals surface area contributed by atoms with Crippen molar-refractivity contribution in [2.75, 3.05) is 13.2 Å². The summed E-state index contributed by atoms with van der Waals surface area (Å²) in [5.74, 6) is -0.0475. The van der Waals surface area contributed by atoms with Crippen molar-refractivity contribution >= 4 is 10.4 Å². The highest BCUT2D eigenvalue weighted by atomic mass is 32.3. The normalized spacial score (nSPS) is 53.6. The maximum atomic E-state index is 12.5. The third-order valence-electron chi connectivity index (χ3n) is 21.7. The fourth-order valence-corrected chi connectivity index (χ4v) is 16.7. The van der Waals surface area contributed by atoms with Gasteiger partial charge in [0.15, 0.2) is 31.5 Å². The van der Waals surface area contributed by atoms with E-state index >= 15 is 0 Å². The van der Waals surface area contributed by atoms with Crippen LogP contribution in [0, 0.1) is 46.3 Å². The maximum absolute atomic E-state index is 12.5. The van der Waals surface area contributed by atoms with Crippen LogP contribution < -0.4 is 0 Å². The van der Waals surface area contributed by atoms with E-state index in [1.807, 2.05) is 6.92 Å². The quantitative estimate of drug-likeness (QED) is 0.0403. The topological polar surface area (TPSA) is 431 Å². The monoisotopic (exact) mass is 1260 g/mol. The SMILES string of the molecule is CC(C)C(C)C1OC1[C@](C)(O)[C@H]1CC[C@H]2[C@@H]3C[C@H](O[C@@H]4O[C@H](C)[C@@H](O)[C@H](O[C@@H]5OC[C@@H](O[C@@H]6O[C@H](CO)[C@H](O)[C@H](O)[C@H]6O[C@@H]6O[C@H](C)[C@@H](O)[C@H](O)[C@H]6O)[C@H](O)[C@H]5O[C@@H]5O[C@H](C)[C@@H](O)[C@H](O)[C@H]5O)[C@H]4O)[C@H]4C[C@@H](OS(=O)(=O)O)CC[C@]4(C)C3=CC[C@@]21C. The Labute approximate surface area is 500 Å². The largest absolute Gasteiger partial charge is 0.397 e. The summed E-state index contributed by atoms with van der Waals surface area (Å²) >= 11 is 0. The molecule has 14 N–H and O–H groups in total. The van der Waals surface area contributed by atoms with Gasteiger partial charge >= 0.3 is 10.4 Å².